The summed E-state index contributed by atoms with van der Waals surface area (Å²) in [7, 11) is -4.09. The first-order valence-corrected chi connectivity index (χ1v) is 14.4. The van der Waals surface area contributed by atoms with E-state index in [1.807, 2.05) is 22.6 Å². The van der Waals surface area contributed by atoms with Crippen molar-refractivity contribution < 1.29 is 27.2 Å². The fourth-order valence-corrected chi connectivity index (χ4v) is 5.65. The van der Waals surface area contributed by atoms with Crippen LogP contribution < -0.4 is 14.3 Å². The second kappa shape index (κ2) is 12.4. The molecule has 0 saturated heterocycles. The summed E-state index contributed by atoms with van der Waals surface area (Å²) in [6.07, 6.45) is 1.37. The molecule has 1 amide bonds. The highest BCUT2D eigenvalue weighted by Crippen LogP contribution is 2.36. The van der Waals surface area contributed by atoms with Crippen molar-refractivity contribution in [3.05, 3.63) is 123 Å². The van der Waals surface area contributed by atoms with E-state index in [1.54, 1.807) is 97.9 Å². The molecule has 0 aliphatic rings. The smallest absolute Gasteiger partial charge is 0.339 e. The Morgan fingerprint density at radius 1 is 0.949 bits per heavy atom. The quantitative estimate of drug-likeness (QED) is 0.109. The Morgan fingerprint density at radius 3 is 2.03 bits per heavy atom. The summed E-state index contributed by atoms with van der Waals surface area (Å²) in [5, 5.41) is 15.6. The molecule has 0 unspecified atom stereocenters. The van der Waals surface area contributed by atoms with Crippen LogP contribution in [0.4, 0.5) is 0 Å². The van der Waals surface area contributed by atoms with E-state index in [0.29, 0.717) is 20.3 Å². The molecule has 0 bridgehead atoms. The van der Waals surface area contributed by atoms with Crippen molar-refractivity contribution in [1.82, 2.24) is 5.43 Å². The van der Waals surface area contributed by atoms with Crippen LogP contribution in [-0.2, 0) is 20.5 Å². The first kappa shape index (κ1) is 28.3. The van der Waals surface area contributed by atoms with Crippen LogP contribution in [0.2, 0.25) is 0 Å². The number of carbonyl (C=O) groups is 1. The molecule has 0 spiro atoms. The topological polar surface area (TPSA) is 114 Å². The number of aliphatic hydroxyl groups is 1. The van der Waals surface area contributed by atoms with Gasteiger partial charge in [-0.05, 0) is 70.5 Å². The van der Waals surface area contributed by atoms with Crippen LogP contribution in [0, 0.1) is 3.57 Å². The third kappa shape index (κ3) is 6.47. The van der Waals surface area contributed by atoms with Crippen molar-refractivity contribution in [1.29, 1.82) is 0 Å². The minimum atomic E-state index is -4.09. The molecular weight excluding hydrogens is 631 g/mol. The van der Waals surface area contributed by atoms with Crippen LogP contribution in [0.5, 0.6) is 11.5 Å². The Balaban J connectivity index is 1.60. The fraction of sp³-hybridized carbons (Fsp3) is 0.103. The van der Waals surface area contributed by atoms with Gasteiger partial charge in [0, 0.05) is 0 Å². The molecule has 0 atom stereocenters. The van der Waals surface area contributed by atoms with E-state index < -0.39 is 21.6 Å². The van der Waals surface area contributed by atoms with Crippen LogP contribution in [-0.4, -0.2) is 32.3 Å². The summed E-state index contributed by atoms with van der Waals surface area (Å²) in [6.45, 7) is 2.02. The Labute approximate surface area is 240 Å². The lowest BCUT2D eigenvalue weighted by Crippen LogP contribution is -2.43. The highest BCUT2D eigenvalue weighted by Gasteiger charge is 2.39. The molecule has 4 rings (SSSR count). The highest BCUT2D eigenvalue weighted by atomic mass is 127. The van der Waals surface area contributed by atoms with Crippen molar-refractivity contribution in [3.63, 3.8) is 0 Å². The van der Waals surface area contributed by atoms with Crippen LogP contribution in [0.3, 0.4) is 0 Å². The normalized spacial score (nSPS) is 11.8. The number of hydrogen-bond donors (Lipinski definition) is 2. The van der Waals surface area contributed by atoms with Gasteiger partial charge in [-0.1, -0.05) is 78.9 Å². The molecule has 8 nitrogen and oxygen atoms in total. The summed E-state index contributed by atoms with van der Waals surface area (Å²) >= 11 is 1.95. The van der Waals surface area contributed by atoms with Crippen molar-refractivity contribution in [2.75, 3.05) is 6.61 Å². The van der Waals surface area contributed by atoms with Crippen molar-refractivity contribution in [2.24, 2.45) is 5.10 Å². The first-order chi connectivity index (χ1) is 18.8. The number of nitrogens with one attached hydrogen (secondary N) is 1. The molecule has 0 aliphatic heterocycles. The number of hydrazone groups is 1. The third-order valence-corrected chi connectivity index (χ3v) is 7.68. The number of halogens is 1. The van der Waals surface area contributed by atoms with Crippen LogP contribution in [0.15, 0.2) is 113 Å². The lowest BCUT2D eigenvalue weighted by molar-refractivity contribution is -0.136. The largest absolute Gasteiger partial charge is 0.490 e. The monoisotopic (exact) mass is 656 g/mol. The van der Waals surface area contributed by atoms with Crippen molar-refractivity contribution in [3.8, 4) is 11.5 Å². The second-order valence-corrected chi connectivity index (χ2v) is 11.0. The van der Waals surface area contributed by atoms with Gasteiger partial charge in [0.05, 0.1) is 16.4 Å². The zero-order valence-electron chi connectivity index (χ0n) is 20.8. The van der Waals surface area contributed by atoms with E-state index in [2.05, 4.69) is 10.5 Å². The van der Waals surface area contributed by atoms with E-state index >= 15 is 0 Å². The summed E-state index contributed by atoms with van der Waals surface area (Å²) < 4.78 is 37.1. The summed E-state index contributed by atoms with van der Waals surface area (Å²) in [4.78, 5) is 13.3. The van der Waals surface area contributed by atoms with E-state index in [-0.39, 0.29) is 23.0 Å². The van der Waals surface area contributed by atoms with Crippen LogP contribution in [0.25, 0.3) is 0 Å². The van der Waals surface area contributed by atoms with Gasteiger partial charge in [-0.2, -0.15) is 13.5 Å². The van der Waals surface area contributed by atoms with Crippen LogP contribution in [0.1, 0.15) is 23.6 Å². The lowest BCUT2D eigenvalue weighted by Gasteiger charge is -2.27. The lowest BCUT2D eigenvalue weighted by atomic mass is 9.85. The number of hydrogen-bond acceptors (Lipinski definition) is 7. The number of benzene rings is 4. The van der Waals surface area contributed by atoms with E-state index in [9.17, 15) is 18.3 Å². The summed E-state index contributed by atoms with van der Waals surface area (Å²) in [5.41, 5.74) is 1.73. The average Bonchev–Trinajstić information content (AvgIpc) is 2.96. The molecule has 0 radical (unpaired) electrons. The van der Waals surface area contributed by atoms with Gasteiger partial charge >= 0.3 is 10.1 Å². The SMILES string of the molecule is CCOc1cc(/C=N\NC(=O)C(O)(c2ccccc2)c2ccccc2)cc(I)c1OS(=O)(=O)c1ccccc1. The summed E-state index contributed by atoms with van der Waals surface area (Å²) in [6, 6.07) is 28.2. The Bertz CT molecular complexity index is 1520. The molecule has 0 saturated carbocycles. The number of amides is 1. The zero-order chi connectivity index (χ0) is 27.9. The zero-order valence-corrected chi connectivity index (χ0v) is 23.8. The van der Waals surface area contributed by atoms with E-state index in [4.69, 9.17) is 8.92 Å². The second-order valence-electron chi connectivity index (χ2n) is 8.26. The van der Waals surface area contributed by atoms with Gasteiger partial charge in [-0.15, -0.1) is 0 Å². The molecule has 0 fully saturated rings. The standard InChI is InChI=1S/C29H25IN2O6S/c1-2-37-26-19-21(18-25(30)27(26)38-39(35,36)24-16-10-5-11-17-24)20-31-32-28(33)29(34,22-12-6-3-7-13-22)23-14-8-4-9-15-23/h3-20,34H,2H2,1H3,(H,32,33)/b31-20-. The van der Waals surface area contributed by atoms with E-state index in [1.165, 1.54) is 18.3 Å². The molecule has 39 heavy (non-hydrogen) atoms. The van der Waals surface area contributed by atoms with Gasteiger partial charge in [-0.25, -0.2) is 5.43 Å². The third-order valence-electron chi connectivity index (χ3n) is 5.65. The minimum Gasteiger partial charge on any atom is -0.490 e. The maximum Gasteiger partial charge on any atom is 0.339 e. The van der Waals surface area contributed by atoms with Gasteiger partial charge in [0.2, 0.25) is 0 Å². The Kier molecular flexibility index (Phi) is 9.00. The van der Waals surface area contributed by atoms with E-state index in [0.717, 1.165) is 0 Å². The fourth-order valence-electron chi connectivity index (χ4n) is 3.79. The molecule has 200 valence electrons. The molecule has 0 aliphatic carbocycles. The Morgan fingerprint density at radius 2 is 1.49 bits per heavy atom. The van der Waals surface area contributed by atoms with Crippen molar-refractivity contribution in [2.45, 2.75) is 17.4 Å². The van der Waals surface area contributed by atoms with Crippen LogP contribution >= 0.6 is 22.6 Å². The molecule has 10 heteroatoms. The molecule has 0 aromatic heterocycles. The van der Waals surface area contributed by atoms with Gasteiger partial charge < -0.3 is 14.0 Å². The number of nitrogens with zero attached hydrogens (tertiary/aromatic N) is 1. The maximum absolute atomic E-state index is 13.3. The molecular formula is C29H25IN2O6S. The summed E-state index contributed by atoms with van der Waals surface area (Å²) in [5.74, 6) is -0.503. The van der Waals surface area contributed by atoms with Gasteiger partial charge in [0.15, 0.2) is 17.1 Å². The molecule has 0 heterocycles. The number of ether oxygens (including phenoxy) is 1. The molecule has 4 aromatic rings. The van der Waals surface area contributed by atoms with Crippen molar-refractivity contribution >= 4 is 44.8 Å². The molecule has 2 N–H and O–H groups in total. The Hall–Kier alpha value is -3.74. The number of carbonyl (C=O) groups excluding carboxylic acids is 1. The maximum atomic E-state index is 13.3. The predicted octanol–water partition coefficient (Wildman–Crippen LogP) is 4.84. The highest BCUT2D eigenvalue weighted by molar-refractivity contribution is 14.1. The number of rotatable bonds is 10. The van der Waals surface area contributed by atoms with Gasteiger partial charge in [0.25, 0.3) is 5.91 Å². The van der Waals surface area contributed by atoms with Gasteiger partial charge in [-0.3, -0.25) is 4.79 Å². The first-order valence-electron chi connectivity index (χ1n) is 11.9. The minimum absolute atomic E-state index is 0.0147. The van der Waals surface area contributed by atoms with Gasteiger partial charge in [0.1, 0.15) is 4.90 Å². The molecule has 4 aromatic carbocycles. The predicted molar refractivity (Wildman–Crippen MR) is 156 cm³/mol. The average molecular weight is 656 g/mol.